The van der Waals surface area contributed by atoms with E-state index >= 15 is 0 Å². The number of nitrogens with zero attached hydrogens (tertiary/aromatic N) is 3. The molecule has 6 nitrogen and oxygen atoms in total. The average Bonchev–Trinajstić information content (AvgIpc) is 3.20. The van der Waals surface area contributed by atoms with Crippen molar-refractivity contribution in [1.29, 1.82) is 0 Å². The molecule has 1 aliphatic heterocycles. The van der Waals surface area contributed by atoms with E-state index in [2.05, 4.69) is 9.88 Å². The molecule has 158 valence electrons. The van der Waals surface area contributed by atoms with Crippen molar-refractivity contribution in [2.75, 3.05) is 51.4 Å². The number of rotatable bonds is 6. The van der Waals surface area contributed by atoms with Crippen molar-refractivity contribution < 1.29 is 18.7 Å². The van der Waals surface area contributed by atoms with Crippen LogP contribution in [-0.4, -0.2) is 62.3 Å². The van der Waals surface area contributed by atoms with Crippen LogP contribution in [0.3, 0.4) is 0 Å². The number of fused-ring (bicyclic) bond motifs is 1. The van der Waals surface area contributed by atoms with Crippen LogP contribution in [0.4, 0.5) is 9.52 Å². The van der Waals surface area contributed by atoms with Gasteiger partial charge in [-0.1, -0.05) is 29.0 Å². The molecule has 1 aromatic heterocycles. The minimum Gasteiger partial charge on any atom is -0.496 e. The summed E-state index contributed by atoms with van der Waals surface area (Å²) in [6.07, 6.45) is 0. The number of morpholine rings is 1. The lowest BCUT2D eigenvalue weighted by Gasteiger charge is -2.29. The monoisotopic (exact) mass is 449 g/mol. The van der Waals surface area contributed by atoms with Gasteiger partial charge >= 0.3 is 0 Å². The molecule has 3 aromatic rings. The van der Waals surface area contributed by atoms with Gasteiger partial charge in [0, 0.05) is 31.2 Å². The summed E-state index contributed by atoms with van der Waals surface area (Å²) < 4.78 is 25.7. The van der Waals surface area contributed by atoms with Gasteiger partial charge in [0.15, 0.2) is 5.13 Å². The van der Waals surface area contributed by atoms with Crippen molar-refractivity contribution in [1.82, 2.24) is 9.88 Å². The second-order valence-corrected chi connectivity index (χ2v) is 8.28. The normalized spacial score (nSPS) is 14.8. The predicted octanol–water partition coefficient (Wildman–Crippen LogP) is 4.08. The van der Waals surface area contributed by atoms with E-state index in [0.717, 1.165) is 13.1 Å². The Balaban J connectivity index is 1.69. The lowest BCUT2D eigenvalue weighted by atomic mass is 10.1. The molecule has 4 rings (SSSR count). The van der Waals surface area contributed by atoms with Crippen LogP contribution in [0.2, 0.25) is 5.02 Å². The molecule has 0 unspecified atom stereocenters. The van der Waals surface area contributed by atoms with E-state index in [1.54, 1.807) is 35.2 Å². The molecular formula is C21H21ClFN3O3S. The van der Waals surface area contributed by atoms with Crippen molar-refractivity contribution in [3.63, 3.8) is 0 Å². The molecule has 2 aromatic carbocycles. The third-order valence-corrected chi connectivity index (χ3v) is 6.25. The number of anilines is 1. The Kier molecular flexibility index (Phi) is 6.48. The van der Waals surface area contributed by atoms with E-state index in [9.17, 15) is 9.18 Å². The number of carbonyl (C=O) groups excluding carboxylic acids is 1. The fraction of sp³-hybridized carbons (Fsp3) is 0.333. The summed E-state index contributed by atoms with van der Waals surface area (Å²) in [5, 5.41) is 0.873. The number of benzene rings is 2. The third kappa shape index (κ3) is 4.41. The highest BCUT2D eigenvalue weighted by molar-refractivity contribution is 7.22. The van der Waals surface area contributed by atoms with Gasteiger partial charge in [-0.05, 0) is 30.3 Å². The summed E-state index contributed by atoms with van der Waals surface area (Å²) in [5.74, 6) is -0.272. The Morgan fingerprint density at radius 3 is 2.87 bits per heavy atom. The zero-order chi connectivity index (χ0) is 21.1. The SMILES string of the molecule is COc1ccc(Cl)cc1C(=O)N(CCN1CCOCC1)c1nc2c(F)cccc2s1. The molecule has 0 bridgehead atoms. The number of hydrogen-bond acceptors (Lipinski definition) is 6. The summed E-state index contributed by atoms with van der Waals surface area (Å²) in [4.78, 5) is 21.8. The zero-order valence-electron chi connectivity index (χ0n) is 16.4. The standard InChI is InChI=1S/C21H21ClFN3O3S/c1-28-17-6-5-14(22)13-15(17)20(27)26(8-7-25-9-11-29-12-10-25)21-24-19-16(23)3-2-4-18(19)30-21/h2-6,13H,7-12H2,1H3. The highest BCUT2D eigenvalue weighted by Crippen LogP contribution is 2.32. The van der Waals surface area contributed by atoms with E-state index < -0.39 is 5.82 Å². The fourth-order valence-corrected chi connectivity index (χ4v) is 4.54. The molecule has 1 aliphatic rings. The molecule has 0 atom stereocenters. The maximum Gasteiger partial charge on any atom is 0.263 e. The van der Waals surface area contributed by atoms with Crippen LogP contribution in [0.5, 0.6) is 5.75 Å². The molecular weight excluding hydrogens is 429 g/mol. The predicted molar refractivity (Wildman–Crippen MR) is 117 cm³/mol. The number of para-hydroxylation sites is 1. The molecule has 0 aliphatic carbocycles. The van der Waals surface area contributed by atoms with Gasteiger partial charge in [-0.15, -0.1) is 0 Å². The highest BCUT2D eigenvalue weighted by atomic mass is 35.5. The molecule has 1 saturated heterocycles. The minimum atomic E-state index is -0.407. The van der Waals surface area contributed by atoms with Gasteiger partial charge in [0.2, 0.25) is 0 Å². The summed E-state index contributed by atoms with van der Waals surface area (Å²) >= 11 is 7.43. The maximum absolute atomic E-state index is 14.2. The molecule has 30 heavy (non-hydrogen) atoms. The zero-order valence-corrected chi connectivity index (χ0v) is 18.0. The second kappa shape index (κ2) is 9.26. The Bertz CT molecular complexity index is 1060. The number of ether oxygens (including phenoxy) is 2. The van der Waals surface area contributed by atoms with Gasteiger partial charge in [0.05, 0.1) is 30.6 Å². The largest absolute Gasteiger partial charge is 0.496 e. The Hall–Kier alpha value is -2.26. The topological polar surface area (TPSA) is 54.9 Å². The van der Waals surface area contributed by atoms with Crippen LogP contribution in [-0.2, 0) is 4.74 Å². The van der Waals surface area contributed by atoms with Gasteiger partial charge < -0.3 is 9.47 Å². The summed E-state index contributed by atoms with van der Waals surface area (Å²) in [6.45, 7) is 3.99. The van der Waals surface area contributed by atoms with Crippen molar-refractivity contribution in [3.05, 3.63) is 52.8 Å². The Labute approximate surface area is 182 Å². The number of hydrogen-bond donors (Lipinski definition) is 0. The number of thiazole rings is 1. The molecule has 0 spiro atoms. The lowest BCUT2D eigenvalue weighted by molar-refractivity contribution is 0.0391. The average molecular weight is 450 g/mol. The quantitative estimate of drug-likeness (QED) is 0.567. The van der Waals surface area contributed by atoms with Crippen LogP contribution < -0.4 is 9.64 Å². The number of carbonyl (C=O) groups is 1. The lowest BCUT2D eigenvalue weighted by Crippen LogP contribution is -2.43. The first-order chi connectivity index (χ1) is 14.6. The molecule has 0 N–H and O–H groups in total. The molecule has 0 radical (unpaired) electrons. The highest BCUT2D eigenvalue weighted by Gasteiger charge is 2.26. The molecule has 9 heteroatoms. The van der Waals surface area contributed by atoms with Gasteiger partial charge in [-0.3, -0.25) is 14.6 Å². The van der Waals surface area contributed by atoms with Crippen molar-refractivity contribution in [3.8, 4) is 5.75 Å². The van der Waals surface area contributed by atoms with Gasteiger partial charge in [-0.2, -0.15) is 0 Å². The summed E-state index contributed by atoms with van der Waals surface area (Å²) in [6, 6.07) is 9.71. The van der Waals surface area contributed by atoms with E-state index in [1.807, 2.05) is 0 Å². The molecule has 2 heterocycles. The van der Waals surface area contributed by atoms with Gasteiger partial charge in [0.25, 0.3) is 5.91 Å². The number of halogens is 2. The number of methoxy groups -OCH3 is 1. The van der Waals surface area contributed by atoms with Crippen LogP contribution >= 0.6 is 22.9 Å². The maximum atomic E-state index is 14.2. The van der Waals surface area contributed by atoms with Crippen LogP contribution in [0, 0.1) is 5.82 Å². The summed E-state index contributed by atoms with van der Waals surface area (Å²) in [7, 11) is 1.51. The number of amides is 1. The van der Waals surface area contributed by atoms with Crippen LogP contribution in [0.15, 0.2) is 36.4 Å². The molecule has 1 fully saturated rings. The van der Waals surface area contributed by atoms with Gasteiger partial charge in [-0.25, -0.2) is 9.37 Å². The molecule has 1 amide bonds. The Morgan fingerprint density at radius 1 is 1.33 bits per heavy atom. The van der Waals surface area contributed by atoms with E-state index in [0.29, 0.717) is 52.5 Å². The fourth-order valence-electron chi connectivity index (χ4n) is 3.36. The minimum absolute atomic E-state index is 0.264. The third-order valence-electron chi connectivity index (χ3n) is 4.97. The van der Waals surface area contributed by atoms with E-state index in [-0.39, 0.29) is 11.4 Å². The van der Waals surface area contributed by atoms with Crippen molar-refractivity contribution in [2.45, 2.75) is 0 Å². The molecule has 0 saturated carbocycles. The first kappa shape index (κ1) is 21.0. The van der Waals surface area contributed by atoms with Crippen LogP contribution in [0.1, 0.15) is 10.4 Å². The smallest absolute Gasteiger partial charge is 0.263 e. The first-order valence-electron chi connectivity index (χ1n) is 9.57. The van der Waals surface area contributed by atoms with E-state index in [1.165, 1.54) is 24.5 Å². The first-order valence-corrected chi connectivity index (χ1v) is 10.8. The van der Waals surface area contributed by atoms with Crippen molar-refractivity contribution >= 4 is 44.2 Å². The Morgan fingerprint density at radius 2 is 2.13 bits per heavy atom. The second-order valence-electron chi connectivity index (χ2n) is 6.84. The van der Waals surface area contributed by atoms with Crippen LogP contribution in [0.25, 0.3) is 10.2 Å². The van der Waals surface area contributed by atoms with E-state index in [4.69, 9.17) is 21.1 Å². The summed E-state index contributed by atoms with van der Waals surface area (Å²) in [5.41, 5.74) is 0.603. The van der Waals surface area contributed by atoms with Crippen molar-refractivity contribution in [2.24, 2.45) is 0 Å². The number of aromatic nitrogens is 1. The van der Waals surface area contributed by atoms with Gasteiger partial charge in [0.1, 0.15) is 17.1 Å².